The molecule has 136 valence electrons. The molecule has 1 amide bonds. The molecule has 0 spiro atoms. The largest absolute Gasteiger partial charge is 0.468 e. The second-order valence-electron chi connectivity index (χ2n) is 6.39. The Balaban J connectivity index is 1.43. The van der Waals surface area contributed by atoms with Gasteiger partial charge in [-0.2, -0.15) is 0 Å². The minimum absolute atomic E-state index is 0.0397. The number of rotatable bonds is 6. The Bertz CT molecular complexity index is 820. The minimum atomic E-state index is -0.231. The first-order chi connectivity index (χ1) is 12.8. The summed E-state index contributed by atoms with van der Waals surface area (Å²) < 4.78 is 10.9. The summed E-state index contributed by atoms with van der Waals surface area (Å²) >= 11 is 1.55. The van der Waals surface area contributed by atoms with Crippen LogP contribution in [0.4, 0.5) is 0 Å². The number of hydrogen-bond donors (Lipinski definition) is 1. The number of aromatic nitrogens is 1. The van der Waals surface area contributed by atoms with E-state index < -0.39 is 0 Å². The smallest absolute Gasteiger partial charge is 0.273 e. The third-order valence-electron chi connectivity index (χ3n) is 4.67. The zero-order chi connectivity index (χ0) is 17.8. The Labute approximate surface area is 155 Å². The van der Waals surface area contributed by atoms with Gasteiger partial charge in [-0.1, -0.05) is 17.6 Å². The Kier molecular flexibility index (Phi) is 5.17. The van der Waals surface area contributed by atoms with E-state index in [1.807, 2.05) is 29.6 Å². The number of carbonyl (C=O) groups is 1. The van der Waals surface area contributed by atoms with Crippen molar-refractivity contribution in [1.82, 2.24) is 15.4 Å². The number of thiophene rings is 1. The molecule has 1 aliphatic heterocycles. The van der Waals surface area contributed by atoms with Crippen LogP contribution in [-0.4, -0.2) is 35.6 Å². The molecule has 0 aromatic carbocycles. The lowest BCUT2D eigenvalue weighted by molar-refractivity contribution is 0.0905. The first-order valence-electron chi connectivity index (χ1n) is 8.87. The number of likely N-dealkylation sites (tertiary alicyclic amines) is 1. The van der Waals surface area contributed by atoms with E-state index in [0.29, 0.717) is 18.0 Å². The fraction of sp³-hybridized carbons (Fsp3) is 0.368. The number of nitrogens with zero attached hydrogens (tertiary/aromatic N) is 2. The van der Waals surface area contributed by atoms with Gasteiger partial charge in [-0.05, 0) is 49.5 Å². The molecule has 4 rings (SSSR count). The fourth-order valence-electron chi connectivity index (χ4n) is 3.32. The molecule has 0 radical (unpaired) electrons. The number of hydrogen-bond acceptors (Lipinski definition) is 6. The van der Waals surface area contributed by atoms with E-state index in [2.05, 4.69) is 15.4 Å². The van der Waals surface area contributed by atoms with Crippen LogP contribution in [0.3, 0.4) is 0 Å². The summed E-state index contributed by atoms with van der Waals surface area (Å²) in [5, 5.41) is 8.85. The highest BCUT2D eigenvalue weighted by molar-refractivity contribution is 7.13. The van der Waals surface area contributed by atoms with Crippen LogP contribution in [0.1, 0.15) is 41.6 Å². The van der Waals surface area contributed by atoms with Gasteiger partial charge in [-0.25, -0.2) is 0 Å². The van der Waals surface area contributed by atoms with E-state index in [4.69, 9.17) is 8.94 Å². The van der Waals surface area contributed by atoms with Gasteiger partial charge in [-0.15, -0.1) is 11.3 Å². The second kappa shape index (κ2) is 7.88. The van der Waals surface area contributed by atoms with Crippen molar-refractivity contribution in [2.75, 3.05) is 19.6 Å². The molecule has 6 nitrogen and oxygen atoms in total. The summed E-state index contributed by atoms with van der Waals surface area (Å²) in [6, 6.07) is 9.46. The van der Waals surface area contributed by atoms with E-state index in [1.165, 1.54) is 19.3 Å². The summed E-state index contributed by atoms with van der Waals surface area (Å²) in [5.74, 6) is 1.26. The predicted octanol–water partition coefficient (Wildman–Crippen LogP) is 3.95. The number of amides is 1. The van der Waals surface area contributed by atoms with Gasteiger partial charge in [0, 0.05) is 12.6 Å². The molecule has 0 bridgehead atoms. The molecule has 1 aliphatic rings. The van der Waals surface area contributed by atoms with Crippen molar-refractivity contribution >= 4 is 17.2 Å². The lowest BCUT2D eigenvalue weighted by Gasteiger charge is -2.33. The van der Waals surface area contributed by atoms with Crippen LogP contribution in [0.15, 0.2) is 50.9 Å². The molecule has 1 unspecified atom stereocenters. The molecule has 3 aromatic rings. The Morgan fingerprint density at radius 1 is 1.27 bits per heavy atom. The van der Waals surface area contributed by atoms with E-state index in [-0.39, 0.29) is 11.9 Å². The van der Waals surface area contributed by atoms with Gasteiger partial charge < -0.3 is 14.3 Å². The minimum Gasteiger partial charge on any atom is -0.468 e. The molecular weight excluding hydrogens is 350 g/mol. The molecule has 1 N–H and O–H groups in total. The Hall–Kier alpha value is -2.38. The normalized spacial score (nSPS) is 16.5. The summed E-state index contributed by atoms with van der Waals surface area (Å²) in [4.78, 5) is 15.8. The highest BCUT2D eigenvalue weighted by Gasteiger charge is 2.25. The molecule has 3 aromatic heterocycles. The first kappa shape index (κ1) is 17.1. The van der Waals surface area contributed by atoms with Crippen LogP contribution < -0.4 is 5.32 Å². The van der Waals surface area contributed by atoms with Crippen LogP contribution in [-0.2, 0) is 0 Å². The van der Waals surface area contributed by atoms with Crippen LogP contribution in [0.2, 0.25) is 0 Å². The lowest BCUT2D eigenvalue weighted by Crippen LogP contribution is -2.40. The molecule has 26 heavy (non-hydrogen) atoms. The van der Waals surface area contributed by atoms with Gasteiger partial charge in [0.1, 0.15) is 5.76 Å². The highest BCUT2D eigenvalue weighted by Crippen LogP contribution is 2.26. The third kappa shape index (κ3) is 3.73. The summed E-state index contributed by atoms with van der Waals surface area (Å²) in [5.41, 5.74) is 0.297. The number of piperidine rings is 1. The average Bonchev–Trinajstić information content (AvgIpc) is 3.43. The average molecular weight is 371 g/mol. The van der Waals surface area contributed by atoms with Crippen molar-refractivity contribution in [1.29, 1.82) is 0 Å². The maximum atomic E-state index is 12.5. The first-order valence-corrected chi connectivity index (χ1v) is 9.75. The fourth-order valence-corrected chi connectivity index (χ4v) is 3.99. The lowest BCUT2D eigenvalue weighted by atomic mass is 10.1. The maximum Gasteiger partial charge on any atom is 0.273 e. The van der Waals surface area contributed by atoms with Crippen molar-refractivity contribution in [2.45, 2.75) is 25.3 Å². The summed E-state index contributed by atoms with van der Waals surface area (Å²) in [7, 11) is 0. The van der Waals surface area contributed by atoms with Gasteiger partial charge in [0.05, 0.1) is 17.2 Å². The molecular formula is C19H21N3O3S. The van der Waals surface area contributed by atoms with Crippen molar-refractivity contribution in [3.63, 3.8) is 0 Å². The number of nitrogens with one attached hydrogen (secondary N) is 1. The zero-order valence-electron chi connectivity index (χ0n) is 14.4. The number of furan rings is 1. The quantitative estimate of drug-likeness (QED) is 0.710. The van der Waals surface area contributed by atoms with Gasteiger partial charge >= 0.3 is 0 Å². The predicted molar refractivity (Wildman–Crippen MR) is 99.0 cm³/mol. The van der Waals surface area contributed by atoms with Crippen molar-refractivity contribution in [2.24, 2.45) is 0 Å². The maximum absolute atomic E-state index is 12.5. The van der Waals surface area contributed by atoms with E-state index in [9.17, 15) is 4.79 Å². The number of carbonyl (C=O) groups excluding carboxylic acids is 1. The molecule has 7 heteroatoms. The van der Waals surface area contributed by atoms with E-state index in [0.717, 1.165) is 23.7 Å². The topological polar surface area (TPSA) is 71.5 Å². The van der Waals surface area contributed by atoms with Crippen molar-refractivity contribution in [3.05, 3.63) is 53.4 Å². The van der Waals surface area contributed by atoms with E-state index in [1.54, 1.807) is 23.7 Å². The molecule has 0 aliphatic carbocycles. The Morgan fingerprint density at radius 2 is 2.15 bits per heavy atom. The highest BCUT2D eigenvalue weighted by atomic mass is 32.1. The third-order valence-corrected chi connectivity index (χ3v) is 5.55. The second-order valence-corrected chi connectivity index (χ2v) is 7.34. The van der Waals surface area contributed by atoms with Crippen LogP contribution in [0.25, 0.3) is 10.6 Å². The molecule has 4 heterocycles. The van der Waals surface area contributed by atoms with Gasteiger partial charge in [-0.3, -0.25) is 9.69 Å². The van der Waals surface area contributed by atoms with Gasteiger partial charge in [0.25, 0.3) is 5.91 Å². The summed E-state index contributed by atoms with van der Waals surface area (Å²) in [6.07, 6.45) is 5.30. The van der Waals surface area contributed by atoms with Crippen LogP contribution >= 0.6 is 11.3 Å². The van der Waals surface area contributed by atoms with Gasteiger partial charge in [0.2, 0.25) is 0 Å². The van der Waals surface area contributed by atoms with E-state index >= 15 is 0 Å². The standard InChI is InChI=1S/C19H21N3O3S/c23-19(14-12-17(25-21-14)18-7-5-11-26-18)20-13-15(16-6-4-10-24-16)22-8-2-1-3-9-22/h4-7,10-12,15H,1-3,8-9,13H2,(H,20,23). The molecule has 0 saturated carbocycles. The summed E-state index contributed by atoms with van der Waals surface area (Å²) in [6.45, 7) is 2.52. The zero-order valence-corrected chi connectivity index (χ0v) is 15.2. The van der Waals surface area contributed by atoms with Crippen molar-refractivity contribution < 1.29 is 13.7 Å². The van der Waals surface area contributed by atoms with Crippen LogP contribution in [0.5, 0.6) is 0 Å². The monoisotopic (exact) mass is 371 g/mol. The molecule has 1 atom stereocenters. The van der Waals surface area contributed by atoms with Gasteiger partial charge in [0.15, 0.2) is 11.5 Å². The van der Waals surface area contributed by atoms with Crippen molar-refractivity contribution in [3.8, 4) is 10.6 Å². The Morgan fingerprint density at radius 3 is 2.88 bits per heavy atom. The molecule has 1 fully saturated rings. The van der Waals surface area contributed by atoms with Crippen LogP contribution in [0, 0.1) is 0 Å². The molecule has 1 saturated heterocycles. The SMILES string of the molecule is O=C(NCC(c1ccco1)N1CCCCC1)c1cc(-c2cccs2)on1.